The first kappa shape index (κ1) is 23.0. The van der Waals surface area contributed by atoms with E-state index in [4.69, 9.17) is 4.52 Å². The Morgan fingerprint density at radius 3 is 2.43 bits per heavy atom. The summed E-state index contributed by atoms with van der Waals surface area (Å²) in [7, 11) is 0. The van der Waals surface area contributed by atoms with E-state index in [1.165, 1.54) is 17.7 Å². The molecule has 10 heteroatoms. The number of nitro benzene ring substituents is 1. The molecule has 2 fully saturated rings. The number of benzene rings is 2. The number of nitrogens with zero attached hydrogens (tertiary/aromatic N) is 6. The van der Waals surface area contributed by atoms with Gasteiger partial charge in [0.2, 0.25) is 11.7 Å². The topological polar surface area (TPSA) is 109 Å². The van der Waals surface area contributed by atoms with Crippen molar-refractivity contribution < 1.29 is 14.2 Å². The third kappa shape index (κ3) is 5.02. The minimum Gasteiger partial charge on any atom is -0.371 e. The van der Waals surface area contributed by atoms with Crippen molar-refractivity contribution >= 4 is 17.3 Å². The van der Waals surface area contributed by atoms with Crippen LogP contribution >= 0.6 is 0 Å². The molecule has 0 radical (unpaired) electrons. The molecule has 2 aliphatic rings. The lowest BCUT2D eigenvalue weighted by Gasteiger charge is -2.34. The van der Waals surface area contributed by atoms with Crippen molar-refractivity contribution in [3.05, 3.63) is 69.6 Å². The van der Waals surface area contributed by atoms with Crippen molar-refractivity contribution in [2.75, 3.05) is 44.2 Å². The van der Waals surface area contributed by atoms with Gasteiger partial charge in [0.15, 0.2) is 0 Å². The van der Waals surface area contributed by atoms with Crippen LogP contribution in [0.1, 0.15) is 34.7 Å². The van der Waals surface area contributed by atoms with Crippen LogP contribution in [0.15, 0.2) is 47.0 Å². The zero-order chi connectivity index (χ0) is 24.4. The van der Waals surface area contributed by atoms with Crippen LogP contribution in [0.2, 0.25) is 0 Å². The Hall–Kier alpha value is -3.79. The van der Waals surface area contributed by atoms with Gasteiger partial charge < -0.3 is 14.3 Å². The lowest BCUT2D eigenvalue weighted by Crippen LogP contribution is -2.48. The van der Waals surface area contributed by atoms with Crippen LogP contribution in [0.3, 0.4) is 0 Å². The maximum Gasteiger partial charge on any atom is 0.270 e. The molecule has 5 rings (SSSR count). The minimum atomic E-state index is -0.447. The molecule has 35 heavy (non-hydrogen) atoms. The number of hydrogen-bond acceptors (Lipinski definition) is 8. The van der Waals surface area contributed by atoms with Crippen LogP contribution < -0.4 is 4.90 Å². The van der Waals surface area contributed by atoms with Crippen LogP contribution in [0, 0.1) is 17.0 Å². The van der Waals surface area contributed by atoms with Gasteiger partial charge in [0, 0.05) is 57.0 Å². The molecule has 0 atom stereocenters. The summed E-state index contributed by atoms with van der Waals surface area (Å²) in [4.78, 5) is 34.9. The highest BCUT2D eigenvalue weighted by molar-refractivity contribution is 6.00. The van der Waals surface area contributed by atoms with Crippen molar-refractivity contribution in [2.45, 2.75) is 26.3 Å². The van der Waals surface area contributed by atoms with E-state index in [1.807, 2.05) is 31.2 Å². The molecule has 3 heterocycles. The first-order valence-electron chi connectivity index (χ1n) is 11.9. The van der Waals surface area contributed by atoms with Gasteiger partial charge in [-0.1, -0.05) is 35.0 Å². The smallest absolute Gasteiger partial charge is 0.270 e. The Morgan fingerprint density at radius 1 is 1.03 bits per heavy atom. The molecule has 2 aromatic carbocycles. The predicted molar refractivity (Wildman–Crippen MR) is 130 cm³/mol. The van der Waals surface area contributed by atoms with Crippen LogP contribution in [-0.4, -0.2) is 70.0 Å². The number of amides is 1. The molecule has 0 bridgehead atoms. The highest BCUT2D eigenvalue weighted by Crippen LogP contribution is 2.30. The summed E-state index contributed by atoms with van der Waals surface area (Å²) in [5.74, 6) is 0.944. The number of rotatable bonds is 6. The Bertz CT molecular complexity index is 1210. The number of aryl methyl sites for hydroxylation is 1. The second-order valence-corrected chi connectivity index (χ2v) is 9.10. The van der Waals surface area contributed by atoms with E-state index in [1.54, 1.807) is 11.0 Å². The molecule has 2 saturated heterocycles. The van der Waals surface area contributed by atoms with Crippen molar-refractivity contribution in [1.82, 2.24) is 19.9 Å². The van der Waals surface area contributed by atoms with E-state index in [9.17, 15) is 14.9 Å². The van der Waals surface area contributed by atoms with Gasteiger partial charge in [0.25, 0.3) is 11.6 Å². The van der Waals surface area contributed by atoms with E-state index in [0.29, 0.717) is 50.0 Å². The second kappa shape index (κ2) is 9.83. The zero-order valence-corrected chi connectivity index (χ0v) is 19.7. The van der Waals surface area contributed by atoms with Crippen molar-refractivity contribution in [3.8, 4) is 11.4 Å². The number of piperazine rings is 1. The molecular weight excluding hydrogens is 448 g/mol. The van der Waals surface area contributed by atoms with Crippen LogP contribution in [0.25, 0.3) is 11.4 Å². The second-order valence-electron chi connectivity index (χ2n) is 9.10. The number of aromatic nitrogens is 2. The lowest BCUT2D eigenvalue weighted by molar-refractivity contribution is -0.384. The molecule has 0 aliphatic carbocycles. The lowest BCUT2D eigenvalue weighted by atomic mass is 10.1. The van der Waals surface area contributed by atoms with Gasteiger partial charge in [0.1, 0.15) is 0 Å². The van der Waals surface area contributed by atoms with Gasteiger partial charge >= 0.3 is 0 Å². The summed E-state index contributed by atoms with van der Waals surface area (Å²) in [6.45, 7) is 6.63. The van der Waals surface area contributed by atoms with E-state index in [2.05, 4.69) is 19.9 Å². The van der Waals surface area contributed by atoms with Gasteiger partial charge in [-0.05, 0) is 25.8 Å². The normalized spacial score (nSPS) is 16.6. The quantitative estimate of drug-likeness (QED) is 0.393. The maximum atomic E-state index is 13.4. The molecule has 3 aromatic rings. The predicted octanol–water partition coefficient (Wildman–Crippen LogP) is 3.51. The first-order chi connectivity index (χ1) is 17.0. The number of anilines is 1. The number of non-ortho nitro benzene ring substituents is 1. The Balaban J connectivity index is 1.24. The van der Waals surface area contributed by atoms with E-state index >= 15 is 0 Å². The summed E-state index contributed by atoms with van der Waals surface area (Å²) in [6.07, 6.45) is 2.12. The highest BCUT2D eigenvalue weighted by atomic mass is 16.6. The van der Waals surface area contributed by atoms with Gasteiger partial charge in [-0.3, -0.25) is 19.8 Å². The van der Waals surface area contributed by atoms with Crippen molar-refractivity contribution in [2.24, 2.45) is 0 Å². The molecule has 1 aromatic heterocycles. The number of carbonyl (C=O) groups is 1. The fraction of sp³-hybridized carbons (Fsp3) is 0.400. The van der Waals surface area contributed by atoms with E-state index in [-0.39, 0.29) is 11.6 Å². The molecule has 1 amide bonds. The Kier molecular flexibility index (Phi) is 6.45. The van der Waals surface area contributed by atoms with Crippen molar-refractivity contribution in [3.63, 3.8) is 0 Å². The maximum absolute atomic E-state index is 13.4. The van der Waals surface area contributed by atoms with Crippen LogP contribution in [0.4, 0.5) is 11.4 Å². The number of carbonyl (C=O) groups excluding carboxylic acids is 1. The third-order valence-electron chi connectivity index (χ3n) is 6.66. The average Bonchev–Trinajstić information content (AvgIpc) is 3.57. The molecule has 10 nitrogen and oxygen atoms in total. The summed E-state index contributed by atoms with van der Waals surface area (Å²) in [5.41, 5.74) is 3.22. The molecule has 0 saturated carbocycles. The van der Waals surface area contributed by atoms with Gasteiger partial charge in [-0.15, -0.1) is 0 Å². The SMILES string of the molecule is Cc1ccc(-c2noc(CN3CCN(C(=O)c4cc([N+](=O)[O-])ccc4N4CCCC4)CC3)n2)cc1. The highest BCUT2D eigenvalue weighted by Gasteiger charge is 2.28. The molecule has 0 unspecified atom stereocenters. The summed E-state index contributed by atoms with van der Waals surface area (Å²) in [5, 5.41) is 15.4. The molecular formula is C25H28N6O4. The van der Waals surface area contributed by atoms with Gasteiger partial charge in [-0.25, -0.2) is 0 Å². The Labute approximate surface area is 203 Å². The first-order valence-corrected chi connectivity index (χ1v) is 11.9. The zero-order valence-electron chi connectivity index (χ0n) is 19.7. The van der Waals surface area contributed by atoms with Crippen LogP contribution in [-0.2, 0) is 6.54 Å². The minimum absolute atomic E-state index is 0.0595. The third-order valence-corrected chi connectivity index (χ3v) is 6.66. The van der Waals surface area contributed by atoms with Crippen LogP contribution in [0.5, 0.6) is 0 Å². The largest absolute Gasteiger partial charge is 0.371 e. The molecule has 182 valence electrons. The number of nitro groups is 1. The monoisotopic (exact) mass is 476 g/mol. The number of hydrogen-bond donors (Lipinski definition) is 0. The fourth-order valence-corrected chi connectivity index (χ4v) is 4.65. The van der Waals surface area contributed by atoms with Crippen molar-refractivity contribution in [1.29, 1.82) is 0 Å². The fourth-order valence-electron chi connectivity index (χ4n) is 4.65. The van der Waals surface area contributed by atoms with E-state index < -0.39 is 4.92 Å². The summed E-state index contributed by atoms with van der Waals surface area (Å²) in [6, 6.07) is 12.6. The van der Waals surface area contributed by atoms with Gasteiger partial charge in [0.05, 0.1) is 22.7 Å². The summed E-state index contributed by atoms with van der Waals surface area (Å²) >= 11 is 0. The molecule has 0 spiro atoms. The molecule has 2 aliphatic heterocycles. The standard InChI is InChI=1S/C25H28N6O4/c1-18-4-6-19(7-5-18)24-26-23(35-27-24)17-28-12-14-30(15-13-28)25(32)21-16-20(31(33)34)8-9-22(21)29-10-2-3-11-29/h4-9,16H,2-3,10-15,17H2,1H3. The Morgan fingerprint density at radius 2 is 1.74 bits per heavy atom. The average molecular weight is 477 g/mol. The van der Waals surface area contributed by atoms with E-state index in [0.717, 1.165) is 37.2 Å². The summed E-state index contributed by atoms with van der Waals surface area (Å²) < 4.78 is 5.45. The molecule has 0 N–H and O–H groups in total. The van der Waals surface area contributed by atoms with Gasteiger partial charge in [-0.2, -0.15) is 4.98 Å².